The van der Waals surface area contributed by atoms with Crippen molar-refractivity contribution in [3.63, 3.8) is 0 Å². The summed E-state index contributed by atoms with van der Waals surface area (Å²) in [6.45, 7) is 7.49. The number of hydrogen-bond donors (Lipinski definition) is 3. The number of aliphatic hydroxyl groups excluding tert-OH is 3. The molecule has 0 aliphatic heterocycles. The molecule has 0 unspecified atom stereocenters. The Kier molecular flexibility index (Phi) is 4.74. The molecule has 0 bridgehead atoms. The van der Waals surface area contributed by atoms with Crippen LogP contribution in [-0.2, 0) is 14.4 Å². The van der Waals surface area contributed by atoms with Crippen molar-refractivity contribution < 1.29 is 29.7 Å². The van der Waals surface area contributed by atoms with E-state index in [2.05, 4.69) is 6.58 Å². The molecule has 8 atom stereocenters. The minimum atomic E-state index is -1.37. The standard InChI is InChI=1S/C20H28O6/c1-10(8-21)11-6-12-15(13(23)7-11)20(9-22)14(24)4-5-19(2,3)18(20)17(26)16(12)25/h8-9,11-15,17-18,23-24,26H,1,4-7H2,2-3H3/t11-,12+,13+,14+,15-,17-,18+,20+/m1/s1. The number of ketones is 1. The summed E-state index contributed by atoms with van der Waals surface area (Å²) in [5, 5.41) is 32.6. The van der Waals surface area contributed by atoms with Crippen molar-refractivity contribution in [3.05, 3.63) is 12.2 Å². The number of rotatable bonds is 3. The predicted octanol–water partition coefficient (Wildman–Crippen LogP) is 0.671. The van der Waals surface area contributed by atoms with Crippen molar-refractivity contribution in [1.82, 2.24) is 0 Å². The van der Waals surface area contributed by atoms with Gasteiger partial charge in [-0.1, -0.05) is 20.4 Å². The monoisotopic (exact) mass is 364 g/mol. The summed E-state index contributed by atoms with van der Waals surface area (Å²) >= 11 is 0. The van der Waals surface area contributed by atoms with E-state index >= 15 is 0 Å². The first kappa shape index (κ1) is 19.4. The molecule has 0 aromatic heterocycles. The van der Waals surface area contributed by atoms with Crippen LogP contribution in [0.25, 0.3) is 0 Å². The fourth-order valence-corrected chi connectivity index (χ4v) is 6.17. The SMILES string of the molecule is C=C(C=O)[C@@H]1C[C@@H]2C(=O)[C@@H](O)[C@H]3C(C)(C)CC[C@H](O)[C@@]3(C=O)[C@H]2[C@@H](O)C1. The summed E-state index contributed by atoms with van der Waals surface area (Å²) < 4.78 is 0. The third kappa shape index (κ3) is 2.46. The Morgan fingerprint density at radius 1 is 1.19 bits per heavy atom. The smallest absolute Gasteiger partial charge is 0.165 e. The van der Waals surface area contributed by atoms with Crippen LogP contribution in [0.4, 0.5) is 0 Å². The van der Waals surface area contributed by atoms with E-state index in [1.807, 2.05) is 13.8 Å². The van der Waals surface area contributed by atoms with Crippen LogP contribution in [0, 0.1) is 34.5 Å². The molecular weight excluding hydrogens is 336 g/mol. The van der Waals surface area contributed by atoms with Crippen LogP contribution in [0.5, 0.6) is 0 Å². The third-order valence-corrected chi connectivity index (χ3v) is 7.36. The molecule has 144 valence electrons. The van der Waals surface area contributed by atoms with Crippen LogP contribution in [0.2, 0.25) is 0 Å². The van der Waals surface area contributed by atoms with Crippen LogP contribution >= 0.6 is 0 Å². The third-order valence-electron chi connectivity index (χ3n) is 7.36. The van der Waals surface area contributed by atoms with E-state index in [0.29, 0.717) is 31.0 Å². The van der Waals surface area contributed by atoms with Gasteiger partial charge in [-0.05, 0) is 42.6 Å². The fourth-order valence-electron chi connectivity index (χ4n) is 6.17. The van der Waals surface area contributed by atoms with Gasteiger partial charge in [-0.3, -0.25) is 9.59 Å². The average molecular weight is 364 g/mol. The van der Waals surface area contributed by atoms with Gasteiger partial charge in [0.2, 0.25) is 0 Å². The minimum absolute atomic E-state index is 0.220. The first-order valence-corrected chi connectivity index (χ1v) is 9.30. The summed E-state index contributed by atoms with van der Waals surface area (Å²) in [4.78, 5) is 36.5. The van der Waals surface area contributed by atoms with Gasteiger partial charge in [-0.2, -0.15) is 0 Å². The first-order chi connectivity index (χ1) is 12.1. The molecule has 26 heavy (non-hydrogen) atoms. The summed E-state index contributed by atoms with van der Waals surface area (Å²) in [6.07, 6.45) is -0.686. The lowest BCUT2D eigenvalue weighted by Crippen LogP contribution is -2.70. The maximum Gasteiger partial charge on any atom is 0.165 e. The molecule has 0 spiro atoms. The number of carbonyl (C=O) groups is 3. The zero-order valence-electron chi connectivity index (χ0n) is 15.3. The predicted molar refractivity (Wildman–Crippen MR) is 92.9 cm³/mol. The highest BCUT2D eigenvalue weighted by Gasteiger charge is 2.69. The van der Waals surface area contributed by atoms with E-state index in [1.54, 1.807) is 0 Å². The van der Waals surface area contributed by atoms with Crippen LogP contribution in [-0.4, -0.2) is 52.0 Å². The van der Waals surface area contributed by atoms with Gasteiger partial charge >= 0.3 is 0 Å². The molecule has 3 fully saturated rings. The Balaban J connectivity index is 2.12. The molecule has 3 saturated carbocycles. The van der Waals surface area contributed by atoms with Gasteiger partial charge in [-0.15, -0.1) is 0 Å². The van der Waals surface area contributed by atoms with Gasteiger partial charge in [0.05, 0.1) is 17.6 Å². The molecule has 3 rings (SSSR count). The Morgan fingerprint density at radius 3 is 2.42 bits per heavy atom. The number of Topliss-reactive ketones (excluding diaryl/α,β-unsaturated/α-hetero) is 1. The summed E-state index contributed by atoms with van der Waals surface area (Å²) in [5.41, 5.74) is -1.59. The zero-order chi connectivity index (χ0) is 19.4. The second-order valence-corrected chi connectivity index (χ2v) is 9.05. The Bertz CT molecular complexity index is 640. The summed E-state index contributed by atoms with van der Waals surface area (Å²) in [7, 11) is 0. The normalized spacial score (nSPS) is 47.4. The van der Waals surface area contributed by atoms with Crippen LogP contribution < -0.4 is 0 Å². The van der Waals surface area contributed by atoms with Crippen LogP contribution in [0.1, 0.15) is 39.5 Å². The van der Waals surface area contributed by atoms with Gasteiger partial charge in [0.25, 0.3) is 0 Å². The molecule has 3 aliphatic carbocycles. The lowest BCUT2D eigenvalue weighted by Gasteiger charge is -2.62. The van der Waals surface area contributed by atoms with Crippen molar-refractivity contribution in [2.75, 3.05) is 0 Å². The zero-order valence-corrected chi connectivity index (χ0v) is 15.3. The van der Waals surface area contributed by atoms with Crippen LogP contribution in [0.15, 0.2) is 12.2 Å². The molecule has 6 nitrogen and oxygen atoms in total. The van der Waals surface area contributed by atoms with Gasteiger partial charge in [0, 0.05) is 17.8 Å². The number of aliphatic hydroxyl groups is 3. The quantitative estimate of drug-likeness (QED) is 0.501. The maximum absolute atomic E-state index is 13.0. The Hall–Kier alpha value is -1.37. The fraction of sp³-hybridized carbons (Fsp3) is 0.750. The highest BCUT2D eigenvalue weighted by molar-refractivity contribution is 5.90. The van der Waals surface area contributed by atoms with Crippen molar-refractivity contribution >= 4 is 18.4 Å². The van der Waals surface area contributed by atoms with E-state index < -0.39 is 52.7 Å². The molecule has 0 amide bonds. The molecule has 0 radical (unpaired) electrons. The summed E-state index contributed by atoms with van der Waals surface area (Å²) in [5.74, 6) is -3.05. The van der Waals surface area contributed by atoms with Crippen molar-refractivity contribution in [1.29, 1.82) is 0 Å². The van der Waals surface area contributed by atoms with E-state index in [-0.39, 0.29) is 18.8 Å². The van der Waals surface area contributed by atoms with E-state index in [0.717, 1.165) is 0 Å². The molecule has 0 aromatic carbocycles. The highest BCUT2D eigenvalue weighted by atomic mass is 16.3. The second kappa shape index (κ2) is 6.36. The van der Waals surface area contributed by atoms with Gasteiger partial charge in [-0.25, -0.2) is 0 Å². The van der Waals surface area contributed by atoms with Gasteiger partial charge in [0.1, 0.15) is 18.7 Å². The number of carbonyl (C=O) groups excluding carboxylic acids is 3. The Labute approximate surface area is 153 Å². The molecule has 0 saturated heterocycles. The average Bonchev–Trinajstić information content (AvgIpc) is 2.60. The Morgan fingerprint density at radius 2 is 1.85 bits per heavy atom. The van der Waals surface area contributed by atoms with Gasteiger partial charge < -0.3 is 20.1 Å². The largest absolute Gasteiger partial charge is 0.393 e. The maximum atomic E-state index is 13.0. The topological polar surface area (TPSA) is 112 Å². The molecule has 0 aromatic rings. The summed E-state index contributed by atoms with van der Waals surface area (Å²) in [6, 6.07) is 0. The number of allylic oxidation sites excluding steroid dienone is 1. The number of fused-ring (bicyclic) bond motifs is 3. The lowest BCUT2D eigenvalue weighted by molar-refractivity contribution is -0.224. The van der Waals surface area contributed by atoms with Crippen molar-refractivity contribution in [2.45, 2.75) is 57.8 Å². The second-order valence-electron chi connectivity index (χ2n) is 9.05. The molecular formula is C20H28O6. The first-order valence-electron chi connectivity index (χ1n) is 9.30. The molecule has 0 heterocycles. The van der Waals surface area contributed by atoms with Gasteiger partial charge in [0.15, 0.2) is 5.78 Å². The van der Waals surface area contributed by atoms with E-state index in [1.165, 1.54) is 0 Å². The number of aldehydes is 2. The van der Waals surface area contributed by atoms with Crippen molar-refractivity contribution in [3.8, 4) is 0 Å². The van der Waals surface area contributed by atoms with Crippen molar-refractivity contribution in [2.24, 2.45) is 34.5 Å². The van der Waals surface area contributed by atoms with E-state index in [4.69, 9.17) is 0 Å². The molecule has 3 aliphatic rings. The molecule has 3 N–H and O–H groups in total. The minimum Gasteiger partial charge on any atom is -0.393 e. The highest BCUT2D eigenvalue weighted by Crippen LogP contribution is 2.62. The molecule has 6 heteroatoms. The lowest BCUT2D eigenvalue weighted by atomic mass is 9.41. The van der Waals surface area contributed by atoms with Crippen LogP contribution in [0.3, 0.4) is 0 Å². The number of hydrogen-bond acceptors (Lipinski definition) is 6. The van der Waals surface area contributed by atoms with E-state index in [9.17, 15) is 29.7 Å².